The zero-order chi connectivity index (χ0) is 16.8. The quantitative estimate of drug-likeness (QED) is 0.730. The first-order valence-corrected chi connectivity index (χ1v) is 7.53. The van der Waals surface area contributed by atoms with Gasteiger partial charge in [0.2, 0.25) is 0 Å². The molecule has 1 aromatic carbocycles. The monoisotopic (exact) mass is 311 g/mol. The molecular weight excluding hydrogens is 290 g/mol. The van der Waals surface area contributed by atoms with E-state index in [0.29, 0.717) is 17.3 Å². The minimum Gasteiger partial charge on any atom is -0.493 e. The highest BCUT2D eigenvalue weighted by molar-refractivity contribution is 5.86. The van der Waals surface area contributed by atoms with Crippen molar-refractivity contribution in [1.29, 1.82) is 0 Å². The number of hydrogen-bond acceptors (Lipinski definition) is 5. The van der Waals surface area contributed by atoms with E-state index in [0.717, 1.165) is 22.2 Å². The van der Waals surface area contributed by atoms with Crippen LogP contribution in [0.1, 0.15) is 19.5 Å². The number of benzene rings is 1. The SMILES string of the molecule is CC.COc1cc2nc(-c3cccnc3)nc(C)c2cc1OC. The first kappa shape index (κ1) is 16.7. The van der Waals surface area contributed by atoms with Gasteiger partial charge in [-0.2, -0.15) is 0 Å². The van der Waals surface area contributed by atoms with Crippen LogP contribution in [0.2, 0.25) is 0 Å². The fourth-order valence-electron chi connectivity index (χ4n) is 2.23. The van der Waals surface area contributed by atoms with Crippen molar-refractivity contribution in [1.82, 2.24) is 15.0 Å². The van der Waals surface area contributed by atoms with E-state index in [1.807, 2.05) is 45.0 Å². The molecule has 0 saturated carbocycles. The molecular formula is C18H21N3O2. The van der Waals surface area contributed by atoms with Crippen LogP contribution in [0.25, 0.3) is 22.3 Å². The lowest BCUT2D eigenvalue weighted by molar-refractivity contribution is 0.355. The number of methoxy groups -OCH3 is 2. The summed E-state index contributed by atoms with van der Waals surface area (Å²) in [5, 5.41) is 0.945. The standard InChI is InChI=1S/C16H15N3O2.C2H6/c1-10-12-7-14(20-2)15(21-3)8-13(12)19-16(18-10)11-5-4-6-17-9-11;1-2/h4-9H,1-3H3;1-2H3. The predicted octanol–water partition coefficient (Wildman–Crippen LogP) is 4.04. The maximum atomic E-state index is 5.33. The van der Waals surface area contributed by atoms with Gasteiger partial charge < -0.3 is 9.47 Å². The van der Waals surface area contributed by atoms with Gasteiger partial charge in [0.05, 0.1) is 19.7 Å². The Morgan fingerprint density at radius 1 is 0.957 bits per heavy atom. The highest BCUT2D eigenvalue weighted by atomic mass is 16.5. The summed E-state index contributed by atoms with van der Waals surface area (Å²) in [6, 6.07) is 7.57. The molecule has 0 unspecified atom stereocenters. The first-order chi connectivity index (χ1) is 11.2. The third kappa shape index (κ3) is 3.39. The molecule has 0 N–H and O–H groups in total. The van der Waals surface area contributed by atoms with Crippen molar-refractivity contribution in [3.63, 3.8) is 0 Å². The van der Waals surface area contributed by atoms with Crippen molar-refractivity contribution in [2.75, 3.05) is 14.2 Å². The van der Waals surface area contributed by atoms with E-state index in [1.54, 1.807) is 26.6 Å². The zero-order valence-electron chi connectivity index (χ0n) is 14.1. The van der Waals surface area contributed by atoms with Crippen LogP contribution in [0.3, 0.4) is 0 Å². The van der Waals surface area contributed by atoms with E-state index in [-0.39, 0.29) is 0 Å². The minimum absolute atomic E-state index is 0.653. The van der Waals surface area contributed by atoms with Gasteiger partial charge in [-0.15, -0.1) is 0 Å². The average molecular weight is 311 g/mol. The van der Waals surface area contributed by atoms with Gasteiger partial charge >= 0.3 is 0 Å². The highest BCUT2D eigenvalue weighted by Crippen LogP contribution is 2.33. The molecule has 0 spiro atoms. The lowest BCUT2D eigenvalue weighted by atomic mass is 10.1. The average Bonchev–Trinajstić information content (AvgIpc) is 2.63. The van der Waals surface area contributed by atoms with Gasteiger partial charge in [-0.25, -0.2) is 9.97 Å². The molecule has 120 valence electrons. The summed E-state index contributed by atoms with van der Waals surface area (Å²) in [4.78, 5) is 13.3. The molecule has 23 heavy (non-hydrogen) atoms. The molecule has 0 aliphatic heterocycles. The fraction of sp³-hybridized carbons (Fsp3) is 0.278. The van der Waals surface area contributed by atoms with E-state index < -0.39 is 0 Å². The molecule has 0 bridgehead atoms. The largest absolute Gasteiger partial charge is 0.493 e. The molecule has 2 heterocycles. The number of nitrogens with zero attached hydrogens (tertiary/aromatic N) is 3. The maximum Gasteiger partial charge on any atom is 0.162 e. The van der Waals surface area contributed by atoms with Crippen LogP contribution in [0.4, 0.5) is 0 Å². The third-order valence-electron chi connectivity index (χ3n) is 3.31. The number of ether oxygens (including phenoxy) is 2. The van der Waals surface area contributed by atoms with Crippen molar-refractivity contribution in [3.05, 3.63) is 42.4 Å². The lowest BCUT2D eigenvalue weighted by Crippen LogP contribution is -1.97. The summed E-state index contributed by atoms with van der Waals surface area (Å²) in [6.45, 7) is 5.95. The Labute approximate surface area is 136 Å². The van der Waals surface area contributed by atoms with Crippen molar-refractivity contribution in [3.8, 4) is 22.9 Å². The van der Waals surface area contributed by atoms with Crippen LogP contribution >= 0.6 is 0 Å². The van der Waals surface area contributed by atoms with Gasteiger partial charge in [-0.05, 0) is 25.1 Å². The second kappa shape index (κ2) is 7.54. The van der Waals surface area contributed by atoms with Crippen LogP contribution in [0.15, 0.2) is 36.7 Å². The summed E-state index contributed by atoms with van der Waals surface area (Å²) < 4.78 is 10.7. The number of fused-ring (bicyclic) bond motifs is 1. The predicted molar refractivity (Wildman–Crippen MR) is 92.0 cm³/mol. The molecule has 0 atom stereocenters. The van der Waals surface area contributed by atoms with Gasteiger partial charge in [-0.1, -0.05) is 13.8 Å². The zero-order valence-corrected chi connectivity index (χ0v) is 14.1. The maximum absolute atomic E-state index is 5.33. The van der Waals surface area contributed by atoms with Gasteiger partial charge in [0.15, 0.2) is 17.3 Å². The number of aryl methyl sites for hydroxylation is 1. The number of hydrogen-bond donors (Lipinski definition) is 0. The summed E-state index contributed by atoms with van der Waals surface area (Å²) in [5.74, 6) is 1.98. The Morgan fingerprint density at radius 2 is 1.65 bits per heavy atom. The molecule has 3 aromatic rings. The summed E-state index contributed by atoms with van der Waals surface area (Å²) >= 11 is 0. The third-order valence-corrected chi connectivity index (χ3v) is 3.31. The molecule has 0 fully saturated rings. The van der Waals surface area contributed by atoms with Gasteiger partial charge in [0.1, 0.15) is 0 Å². The molecule has 0 radical (unpaired) electrons. The van der Waals surface area contributed by atoms with Crippen LogP contribution in [-0.4, -0.2) is 29.2 Å². The van der Waals surface area contributed by atoms with Crippen LogP contribution < -0.4 is 9.47 Å². The molecule has 0 aliphatic carbocycles. The number of rotatable bonds is 3. The van der Waals surface area contributed by atoms with E-state index in [9.17, 15) is 0 Å². The van der Waals surface area contributed by atoms with Crippen molar-refractivity contribution in [2.45, 2.75) is 20.8 Å². The Morgan fingerprint density at radius 3 is 2.26 bits per heavy atom. The first-order valence-electron chi connectivity index (χ1n) is 7.53. The highest BCUT2D eigenvalue weighted by Gasteiger charge is 2.11. The van der Waals surface area contributed by atoms with Crippen LogP contribution in [-0.2, 0) is 0 Å². The Kier molecular flexibility index (Phi) is 5.46. The van der Waals surface area contributed by atoms with Crippen molar-refractivity contribution < 1.29 is 9.47 Å². The normalized spacial score (nSPS) is 9.96. The molecule has 3 rings (SSSR count). The minimum atomic E-state index is 0.653. The van der Waals surface area contributed by atoms with E-state index >= 15 is 0 Å². The molecule has 5 nitrogen and oxygen atoms in total. The number of pyridine rings is 1. The Hall–Kier alpha value is -2.69. The second-order valence-electron chi connectivity index (χ2n) is 4.60. The van der Waals surface area contributed by atoms with E-state index in [1.165, 1.54) is 0 Å². The Balaban J connectivity index is 0.000000924. The molecule has 0 saturated heterocycles. The summed E-state index contributed by atoms with van der Waals surface area (Å²) in [7, 11) is 3.23. The lowest BCUT2D eigenvalue weighted by Gasteiger charge is -2.11. The fourth-order valence-corrected chi connectivity index (χ4v) is 2.23. The molecule has 0 aliphatic rings. The van der Waals surface area contributed by atoms with E-state index in [4.69, 9.17) is 9.47 Å². The molecule has 2 aromatic heterocycles. The number of aromatic nitrogens is 3. The van der Waals surface area contributed by atoms with Gasteiger partial charge in [0.25, 0.3) is 0 Å². The summed E-state index contributed by atoms with van der Waals surface area (Å²) in [6.07, 6.45) is 3.48. The smallest absolute Gasteiger partial charge is 0.162 e. The van der Waals surface area contributed by atoms with Gasteiger partial charge in [-0.3, -0.25) is 4.98 Å². The van der Waals surface area contributed by atoms with E-state index in [2.05, 4.69) is 15.0 Å². The summed E-state index contributed by atoms with van der Waals surface area (Å²) in [5.41, 5.74) is 2.59. The van der Waals surface area contributed by atoms with Crippen molar-refractivity contribution in [2.24, 2.45) is 0 Å². The van der Waals surface area contributed by atoms with Gasteiger partial charge in [0, 0.05) is 35.1 Å². The Bertz CT molecular complexity index is 789. The molecule has 5 heteroatoms. The van der Waals surface area contributed by atoms with Crippen LogP contribution in [0.5, 0.6) is 11.5 Å². The topological polar surface area (TPSA) is 57.1 Å². The second-order valence-corrected chi connectivity index (χ2v) is 4.60. The molecule has 0 amide bonds. The van der Waals surface area contributed by atoms with Crippen LogP contribution in [0, 0.1) is 6.92 Å². The van der Waals surface area contributed by atoms with Crippen molar-refractivity contribution >= 4 is 10.9 Å².